The van der Waals surface area contributed by atoms with Crippen LogP contribution in [0.25, 0.3) is 6.08 Å². The van der Waals surface area contributed by atoms with Crippen LogP contribution in [0.4, 0.5) is 5.13 Å². The molecule has 0 atom stereocenters. The van der Waals surface area contributed by atoms with Crippen LogP contribution in [0.15, 0.2) is 29.2 Å². The summed E-state index contributed by atoms with van der Waals surface area (Å²) in [7, 11) is 0. The average molecular weight is 463 g/mol. The zero-order chi connectivity index (χ0) is 21.5. The predicted octanol–water partition coefficient (Wildman–Crippen LogP) is 4.12. The van der Waals surface area contributed by atoms with E-state index in [-0.39, 0.29) is 18.4 Å². The van der Waals surface area contributed by atoms with E-state index in [1.54, 1.807) is 6.08 Å². The minimum Gasteiger partial charge on any atom is -0.494 e. The molecular formula is C20H22N4O3S3. The van der Waals surface area contributed by atoms with Crippen molar-refractivity contribution >= 4 is 62.7 Å². The Bertz CT molecular complexity index is 956. The average Bonchev–Trinajstić information content (AvgIpc) is 3.27. The Balaban J connectivity index is 1.60. The van der Waals surface area contributed by atoms with Crippen molar-refractivity contribution in [1.82, 2.24) is 15.1 Å². The van der Waals surface area contributed by atoms with Gasteiger partial charge in [-0.3, -0.25) is 19.8 Å². The normalized spacial score (nSPS) is 15.1. The lowest BCUT2D eigenvalue weighted by Gasteiger charge is -2.13. The van der Waals surface area contributed by atoms with E-state index in [2.05, 4.69) is 22.4 Å². The molecular weight excluding hydrogens is 440 g/mol. The molecule has 1 aliphatic heterocycles. The first-order valence-corrected chi connectivity index (χ1v) is 11.6. The van der Waals surface area contributed by atoms with Crippen LogP contribution in [0.3, 0.4) is 0 Å². The summed E-state index contributed by atoms with van der Waals surface area (Å²) in [6.45, 7) is 4.47. The lowest BCUT2D eigenvalue weighted by atomic mass is 10.2. The monoisotopic (exact) mass is 462 g/mol. The third-order valence-corrected chi connectivity index (χ3v) is 6.40. The second-order valence-electron chi connectivity index (χ2n) is 6.42. The summed E-state index contributed by atoms with van der Waals surface area (Å²) in [5.41, 5.74) is 0.858. The van der Waals surface area contributed by atoms with E-state index in [0.717, 1.165) is 35.6 Å². The van der Waals surface area contributed by atoms with Gasteiger partial charge in [-0.1, -0.05) is 60.8 Å². The fraction of sp³-hybridized carbons (Fsp3) is 0.350. The molecule has 0 bridgehead atoms. The van der Waals surface area contributed by atoms with Crippen LogP contribution in [0.2, 0.25) is 0 Å². The molecule has 2 aromatic rings. The summed E-state index contributed by atoms with van der Waals surface area (Å²) >= 11 is 7.84. The Morgan fingerprint density at radius 1 is 1.27 bits per heavy atom. The van der Waals surface area contributed by atoms with Crippen LogP contribution in [-0.4, -0.2) is 44.4 Å². The summed E-state index contributed by atoms with van der Waals surface area (Å²) in [6, 6.07) is 7.44. The highest BCUT2D eigenvalue weighted by atomic mass is 32.2. The molecule has 2 heterocycles. The van der Waals surface area contributed by atoms with Crippen LogP contribution >= 0.6 is 35.3 Å². The number of thioether (sulfide) groups is 1. The molecule has 30 heavy (non-hydrogen) atoms. The first kappa shape index (κ1) is 22.4. The maximum Gasteiger partial charge on any atom is 0.266 e. The number of carbonyl (C=O) groups is 2. The number of aromatic nitrogens is 2. The maximum absolute atomic E-state index is 12.7. The van der Waals surface area contributed by atoms with Gasteiger partial charge >= 0.3 is 0 Å². The number of nitrogens with one attached hydrogen (secondary N) is 1. The summed E-state index contributed by atoms with van der Waals surface area (Å²) in [5.74, 6) is 0.134. The summed E-state index contributed by atoms with van der Waals surface area (Å²) in [4.78, 5) is 26.9. The molecule has 0 saturated carbocycles. The van der Waals surface area contributed by atoms with E-state index in [1.165, 1.54) is 28.0 Å². The molecule has 10 heteroatoms. The molecule has 0 spiro atoms. The van der Waals surface area contributed by atoms with E-state index in [9.17, 15) is 9.59 Å². The van der Waals surface area contributed by atoms with E-state index >= 15 is 0 Å². The van der Waals surface area contributed by atoms with Gasteiger partial charge in [0.2, 0.25) is 11.0 Å². The predicted molar refractivity (Wildman–Crippen MR) is 125 cm³/mol. The van der Waals surface area contributed by atoms with Gasteiger partial charge in [0.1, 0.15) is 21.6 Å². The summed E-state index contributed by atoms with van der Waals surface area (Å²) < 4.78 is 5.78. The van der Waals surface area contributed by atoms with Crippen LogP contribution in [0.5, 0.6) is 5.75 Å². The van der Waals surface area contributed by atoms with Crippen molar-refractivity contribution in [2.24, 2.45) is 0 Å². The Hall–Kier alpha value is -2.30. The molecule has 158 valence electrons. The lowest BCUT2D eigenvalue weighted by Crippen LogP contribution is -2.36. The van der Waals surface area contributed by atoms with Crippen molar-refractivity contribution in [3.05, 3.63) is 39.7 Å². The number of hydrogen-bond acceptors (Lipinski definition) is 8. The molecule has 1 fully saturated rings. The van der Waals surface area contributed by atoms with Gasteiger partial charge in [-0.15, -0.1) is 10.2 Å². The standard InChI is InChI=1S/C20H22N4O3S3/c1-3-5-6-17-22-23-19(30-17)21-16(25)12-24-18(26)15(29-20(24)28)11-13-7-9-14(10-8-13)27-4-2/h7-11H,3-6,12H2,1-2H3,(H,21,23,25). The van der Waals surface area contributed by atoms with Crippen molar-refractivity contribution in [3.63, 3.8) is 0 Å². The van der Waals surface area contributed by atoms with Crippen LogP contribution in [0, 0.1) is 0 Å². The Morgan fingerprint density at radius 2 is 2.03 bits per heavy atom. The second-order valence-corrected chi connectivity index (χ2v) is 9.16. The van der Waals surface area contributed by atoms with Crippen LogP contribution in [-0.2, 0) is 16.0 Å². The Kier molecular flexibility index (Phi) is 7.94. The highest BCUT2D eigenvalue weighted by Gasteiger charge is 2.33. The minimum atomic E-state index is -0.355. The number of unbranched alkanes of at least 4 members (excludes halogenated alkanes) is 1. The minimum absolute atomic E-state index is 0.158. The van der Waals surface area contributed by atoms with Gasteiger partial charge in [-0.25, -0.2) is 0 Å². The Labute approximate surface area is 188 Å². The number of nitrogens with zero attached hydrogens (tertiary/aromatic N) is 3. The highest BCUT2D eigenvalue weighted by molar-refractivity contribution is 8.26. The lowest BCUT2D eigenvalue weighted by molar-refractivity contribution is -0.126. The number of carbonyl (C=O) groups excluding carboxylic acids is 2. The first-order valence-electron chi connectivity index (χ1n) is 9.60. The number of benzene rings is 1. The molecule has 1 N–H and O–H groups in total. The molecule has 7 nitrogen and oxygen atoms in total. The number of amides is 2. The van der Waals surface area contributed by atoms with E-state index in [4.69, 9.17) is 17.0 Å². The fourth-order valence-corrected chi connectivity index (χ4v) is 4.70. The first-order chi connectivity index (χ1) is 14.5. The number of aryl methyl sites for hydroxylation is 1. The summed E-state index contributed by atoms with van der Waals surface area (Å²) in [6.07, 6.45) is 4.70. The maximum atomic E-state index is 12.7. The van der Waals surface area contributed by atoms with Crippen molar-refractivity contribution < 1.29 is 14.3 Å². The second kappa shape index (κ2) is 10.6. The van der Waals surface area contributed by atoms with Crippen molar-refractivity contribution in [2.75, 3.05) is 18.5 Å². The summed E-state index contributed by atoms with van der Waals surface area (Å²) in [5, 5.41) is 12.1. The number of anilines is 1. The number of hydrogen-bond donors (Lipinski definition) is 1. The van der Waals surface area contributed by atoms with Gasteiger partial charge in [0.15, 0.2) is 0 Å². The molecule has 0 radical (unpaired) electrons. The van der Waals surface area contributed by atoms with Gasteiger partial charge in [0.05, 0.1) is 11.5 Å². The van der Waals surface area contributed by atoms with Gasteiger partial charge in [0.25, 0.3) is 5.91 Å². The number of thiocarbonyl (C=S) groups is 1. The topological polar surface area (TPSA) is 84.4 Å². The number of rotatable bonds is 9. The molecule has 2 amide bonds. The van der Waals surface area contributed by atoms with E-state index in [0.29, 0.717) is 21.0 Å². The van der Waals surface area contributed by atoms with Gasteiger partial charge < -0.3 is 4.74 Å². The van der Waals surface area contributed by atoms with Crippen molar-refractivity contribution in [3.8, 4) is 5.75 Å². The smallest absolute Gasteiger partial charge is 0.266 e. The van der Waals surface area contributed by atoms with Crippen LogP contribution < -0.4 is 10.1 Å². The van der Waals surface area contributed by atoms with Crippen molar-refractivity contribution in [1.29, 1.82) is 0 Å². The zero-order valence-corrected chi connectivity index (χ0v) is 19.2. The van der Waals surface area contributed by atoms with Gasteiger partial charge in [0, 0.05) is 6.42 Å². The van der Waals surface area contributed by atoms with Gasteiger partial charge in [-0.2, -0.15) is 0 Å². The highest BCUT2D eigenvalue weighted by Crippen LogP contribution is 2.32. The fourth-order valence-electron chi connectivity index (χ4n) is 2.65. The molecule has 1 saturated heterocycles. The number of ether oxygens (including phenoxy) is 1. The third kappa shape index (κ3) is 5.87. The molecule has 1 aromatic heterocycles. The van der Waals surface area contributed by atoms with Crippen LogP contribution in [0.1, 0.15) is 37.3 Å². The molecule has 0 aliphatic carbocycles. The molecule has 3 rings (SSSR count). The largest absolute Gasteiger partial charge is 0.494 e. The van der Waals surface area contributed by atoms with E-state index < -0.39 is 0 Å². The third-order valence-electron chi connectivity index (χ3n) is 4.12. The van der Waals surface area contributed by atoms with E-state index in [1.807, 2.05) is 31.2 Å². The van der Waals surface area contributed by atoms with Crippen molar-refractivity contribution in [2.45, 2.75) is 33.1 Å². The zero-order valence-electron chi connectivity index (χ0n) is 16.7. The Morgan fingerprint density at radius 3 is 2.73 bits per heavy atom. The molecule has 1 aromatic carbocycles. The molecule has 1 aliphatic rings. The van der Waals surface area contributed by atoms with Gasteiger partial charge in [-0.05, 0) is 37.1 Å². The SMILES string of the molecule is CCCCc1nnc(NC(=O)CN2C(=O)C(=Cc3ccc(OCC)cc3)SC2=S)s1. The molecule has 0 unspecified atom stereocenters. The quantitative estimate of drug-likeness (QED) is 0.443.